The van der Waals surface area contributed by atoms with E-state index in [0.717, 1.165) is 18.4 Å². The second-order valence-electron chi connectivity index (χ2n) is 4.04. The van der Waals surface area contributed by atoms with Gasteiger partial charge in [0, 0.05) is 17.8 Å². The molecule has 1 fully saturated rings. The van der Waals surface area contributed by atoms with Crippen LogP contribution in [0, 0.1) is 11.8 Å². The van der Waals surface area contributed by atoms with Crippen molar-refractivity contribution in [2.24, 2.45) is 5.73 Å². The van der Waals surface area contributed by atoms with Crippen LogP contribution in [-0.2, 0) is 0 Å². The van der Waals surface area contributed by atoms with Crippen LogP contribution in [0.3, 0.4) is 0 Å². The highest BCUT2D eigenvalue weighted by Gasteiger charge is 2.20. The van der Waals surface area contributed by atoms with E-state index in [2.05, 4.69) is 22.1 Å². The van der Waals surface area contributed by atoms with Crippen LogP contribution >= 0.6 is 0 Å². The summed E-state index contributed by atoms with van der Waals surface area (Å²) in [6, 6.07) is 3.81. The first-order valence-corrected chi connectivity index (χ1v) is 5.75. The van der Waals surface area contributed by atoms with Crippen molar-refractivity contribution in [1.29, 1.82) is 0 Å². The standard InChI is InChI=1S/C13H15N3O/c14-8-2-3-10-6-7-12(15-9-10)13(17)16-11-4-1-5-11/h6-7,9,11H,1,4-5,8,14H2,(H,16,17). The molecule has 0 aliphatic heterocycles. The Hall–Kier alpha value is -1.86. The third kappa shape index (κ3) is 3.05. The molecule has 1 aromatic rings. The van der Waals surface area contributed by atoms with Crippen LogP contribution in [0.4, 0.5) is 0 Å². The summed E-state index contributed by atoms with van der Waals surface area (Å²) in [4.78, 5) is 15.8. The number of pyridine rings is 1. The lowest BCUT2D eigenvalue weighted by atomic mass is 9.93. The number of rotatable bonds is 2. The van der Waals surface area contributed by atoms with Crippen molar-refractivity contribution in [3.63, 3.8) is 0 Å². The molecule has 1 saturated carbocycles. The normalized spacial score (nSPS) is 14.4. The second-order valence-corrected chi connectivity index (χ2v) is 4.04. The predicted octanol–water partition coefficient (Wildman–Crippen LogP) is 0.674. The van der Waals surface area contributed by atoms with Gasteiger partial charge in [0.25, 0.3) is 5.91 Å². The van der Waals surface area contributed by atoms with Crippen LogP contribution in [0.5, 0.6) is 0 Å². The zero-order valence-corrected chi connectivity index (χ0v) is 9.57. The van der Waals surface area contributed by atoms with E-state index in [1.807, 2.05) is 0 Å². The number of aromatic nitrogens is 1. The lowest BCUT2D eigenvalue weighted by Gasteiger charge is -2.26. The Balaban J connectivity index is 1.98. The molecule has 2 rings (SSSR count). The van der Waals surface area contributed by atoms with Crippen molar-refractivity contribution in [2.75, 3.05) is 6.54 Å². The van der Waals surface area contributed by atoms with Crippen molar-refractivity contribution in [3.8, 4) is 11.8 Å². The van der Waals surface area contributed by atoms with Gasteiger partial charge in [0.15, 0.2) is 0 Å². The van der Waals surface area contributed by atoms with Gasteiger partial charge in [0.05, 0.1) is 6.54 Å². The lowest BCUT2D eigenvalue weighted by Crippen LogP contribution is -2.39. The quantitative estimate of drug-likeness (QED) is 0.733. The summed E-state index contributed by atoms with van der Waals surface area (Å²) in [7, 11) is 0. The van der Waals surface area contributed by atoms with E-state index < -0.39 is 0 Å². The Kier molecular flexibility index (Phi) is 3.73. The monoisotopic (exact) mass is 229 g/mol. The van der Waals surface area contributed by atoms with Crippen LogP contribution in [0.25, 0.3) is 0 Å². The molecular weight excluding hydrogens is 214 g/mol. The van der Waals surface area contributed by atoms with E-state index in [0.29, 0.717) is 18.3 Å². The Morgan fingerprint density at radius 1 is 1.53 bits per heavy atom. The average molecular weight is 229 g/mol. The number of nitrogens with zero attached hydrogens (tertiary/aromatic N) is 1. The molecule has 1 aliphatic carbocycles. The van der Waals surface area contributed by atoms with Gasteiger partial charge in [-0.25, -0.2) is 4.98 Å². The minimum atomic E-state index is -0.104. The first-order chi connectivity index (χ1) is 8.29. The highest BCUT2D eigenvalue weighted by Crippen LogP contribution is 2.18. The highest BCUT2D eigenvalue weighted by molar-refractivity contribution is 5.92. The van der Waals surface area contributed by atoms with Gasteiger partial charge in [-0.15, -0.1) is 0 Å². The van der Waals surface area contributed by atoms with Crippen LogP contribution in [-0.4, -0.2) is 23.5 Å². The first-order valence-electron chi connectivity index (χ1n) is 5.75. The molecule has 0 aromatic carbocycles. The molecule has 0 unspecified atom stereocenters. The number of hydrogen-bond acceptors (Lipinski definition) is 3. The average Bonchev–Trinajstić information content (AvgIpc) is 2.31. The molecule has 0 bridgehead atoms. The zero-order valence-electron chi connectivity index (χ0n) is 9.57. The fourth-order valence-electron chi connectivity index (χ4n) is 1.57. The molecule has 1 heterocycles. The van der Waals surface area contributed by atoms with Crippen molar-refractivity contribution in [3.05, 3.63) is 29.6 Å². The summed E-state index contributed by atoms with van der Waals surface area (Å²) < 4.78 is 0. The van der Waals surface area contributed by atoms with Crippen molar-refractivity contribution in [2.45, 2.75) is 25.3 Å². The molecule has 0 saturated heterocycles. The predicted molar refractivity (Wildman–Crippen MR) is 65.3 cm³/mol. The largest absolute Gasteiger partial charge is 0.348 e. The number of hydrogen-bond donors (Lipinski definition) is 2. The summed E-state index contributed by atoms with van der Waals surface area (Å²) >= 11 is 0. The summed E-state index contributed by atoms with van der Waals surface area (Å²) in [6.07, 6.45) is 4.95. The molecule has 1 aliphatic rings. The summed E-state index contributed by atoms with van der Waals surface area (Å²) in [5.74, 6) is 5.50. The molecule has 88 valence electrons. The van der Waals surface area contributed by atoms with Gasteiger partial charge in [-0.05, 0) is 31.4 Å². The van der Waals surface area contributed by atoms with Crippen molar-refractivity contribution >= 4 is 5.91 Å². The Bertz CT molecular complexity index is 452. The molecular formula is C13H15N3O. The molecule has 0 spiro atoms. The SMILES string of the molecule is NCC#Cc1ccc(C(=O)NC2CCC2)nc1. The van der Waals surface area contributed by atoms with E-state index in [4.69, 9.17) is 5.73 Å². The Labute approximate surface area is 101 Å². The van der Waals surface area contributed by atoms with Crippen LogP contribution < -0.4 is 11.1 Å². The number of amides is 1. The summed E-state index contributed by atoms with van der Waals surface area (Å²) in [6.45, 7) is 0.323. The van der Waals surface area contributed by atoms with Gasteiger partial charge < -0.3 is 11.1 Å². The Morgan fingerprint density at radius 2 is 2.35 bits per heavy atom. The van der Waals surface area contributed by atoms with Crippen molar-refractivity contribution < 1.29 is 4.79 Å². The van der Waals surface area contributed by atoms with Gasteiger partial charge in [0.2, 0.25) is 0 Å². The molecule has 1 amide bonds. The van der Waals surface area contributed by atoms with E-state index in [1.54, 1.807) is 18.3 Å². The molecule has 17 heavy (non-hydrogen) atoms. The van der Waals surface area contributed by atoms with E-state index in [9.17, 15) is 4.79 Å². The summed E-state index contributed by atoms with van der Waals surface area (Å²) in [5.41, 5.74) is 6.49. The molecule has 0 atom stereocenters. The summed E-state index contributed by atoms with van der Waals surface area (Å²) in [5, 5.41) is 2.94. The fraction of sp³-hybridized carbons (Fsp3) is 0.385. The minimum Gasteiger partial charge on any atom is -0.348 e. The van der Waals surface area contributed by atoms with Crippen molar-refractivity contribution in [1.82, 2.24) is 10.3 Å². The maximum atomic E-state index is 11.7. The molecule has 4 heteroatoms. The number of nitrogens with one attached hydrogen (secondary N) is 1. The Morgan fingerprint density at radius 3 is 2.88 bits per heavy atom. The van der Waals surface area contributed by atoms with Gasteiger partial charge in [0.1, 0.15) is 5.69 Å². The third-order valence-corrected chi connectivity index (χ3v) is 2.77. The molecule has 3 N–H and O–H groups in total. The maximum absolute atomic E-state index is 11.7. The highest BCUT2D eigenvalue weighted by atomic mass is 16.1. The van der Waals surface area contributed by atoms with Gasteiger partial charge >= 0.3 is 0 Å². The van der Waals surface area contributed by atoms with Gasteiger partial charge in [-0.2, -0.15) is 0 Å². The fourth-order valence-corrected chi connectivity index (χ4v) is 1.57. The molecule has 4 nitrogen and oxygen atoms in total. The van der Waals surface area contributed by atoms with E-state index >= 15 is 0 Å². The first kappa shape index (κ1) is 11.6. The lowest BCUT2D eigenvalue weighted by molar-refractivity contribution is 0.0912. The van der Waals surface area contributed by atoms with E-state index in [1.165, 1.54) is 6.42 Å². The zero-order chi connectivity index (χ0) is 12.1. The maximum Gasteiger partial charge on any atom is 0.270 e. The van der Waals surface area contributed by atoms with Crippen LogP contribution in [0.1, 0.15) is 35.3 Å². The number of carbonyl (C=O) groups is 1. The van der Waals surface area contributed by atoms with Crippen LogP contribution in [0.2, 0.25) is 0 Å². The van der Waals surface area contributed by atoms with E-state index in [-0.39, 0.29) is 5.91 Å². The van der Waals surface area contributed by atoms with Gasteiger partial charge in [-0.3, -0.25) is 4.79 Å². The smallest absolute Gasteiger partial charge is 0.270 e. The minimum absolute atomic E-state index is 0.104. The van der Waals surface area contributed by atoms with Gasteiger partial charge in [-0.1, -0.05) is 11.8 Å². The third-order valence-electron chi connectivity index (χ3n) is 2.77. The molecule has 1 aromatic heterocycles. The number of nitrogens with two attached hydrogens (primary N) is 1. The van der Waals surface area contributed by atoms with Crippen LogP contribution in [0.15, 0.2) is 18.3 Å². The molecule has 0 radical (unpaired) electrons. The topological polar surface area (TPSA) is 68.0 Å². The number of carbonyl (C=O) groups excluding carboxylic acids is 1. The second kappa shape index (κ2) is 5.46.